The number of benzene rings is 2. The molecule has 158 valence electrons. The number of fused-ring (bicyclic) bond motifs is 1. The Morgan fingerprint density at radius 2 is 1.58 bits per heavy atom. The van der Waals surface area contributed by atoms with Gasteiger partial charge in [0, 0.05) is 11.8 Å². The molecule has 11 heteroatoms. The van der Waals surface area contributed by atoms with Crippen LogP contribution < -0.4 is 20.1 Å². The van der Waals surface area contributed by atoms with Crippen LogP contribution in [0.5, 0.6) is 11.5 Å². The van der Waals surface area contributed by atoms with Crippen LogP contribution >= 0.6 is 46.4 Å². The smallest absolute Gasteiger partial charge is 0.275 e. The van der Waals surface area contributed by atoms with E-state index >= 15 is 0 Å². The molecule has 1 aromatic heterocycles. The van der Waals surface area contributed by atoms with Gasteiger partial charge in [-0.25, -0.2) is 4.98 Å². The van der Waals surface area contributed by atoms with Crippen LogP contribution in [0.25, 0.3) is 0 Å². The second kappa shape index (κ2) is 8.80. The molecule has 0 aliphatic carbocycles. The average Bonchev–Trinajstić information content (AvgIpc) is 3.23. The van der Waals surface area contributed by atoms with E-state index in [9.17, 15) is 9.59 Å². The van der Waals surface area contributed by atoms with Crippen molar-refractivity contribution in [2.45, 2.75) is 0 Å². The maximum Gasteiger partial charge on any atom is 0.275 e. The van der Waals surface area contributed by atoms with Crippen LogP contribution in [0.1, 0.15) is 20.8 Å². The summed E-state index contributed by atoms with van der Waals surface area (Å²) in [5.41, 5.74) is 0.699. The number of nitrogens with zero attached hydrogens (tertiary/aromatic N) is 1. The number of hydrogen-bond donors (Lipinski definition) is 2. The number of nitrogens with one attached hydrogen (secondary N) is 2. The first-order chi connectivity index (χ1) is 14.8. The average molecular weight is 499 g/mol. The Labute approximate surface area is 196 Å². The third kappa shape index (κ3) is 4.36. The van der Waals surface area contributed by atoms with Gasteiger partial charge in [0.05, 0.1) is 26.3 Å². The van der Waals surface area contributed by atoms with Crippen LogP contribution in [0, 0.1) is 0 Å². The first-order valence-corrected chi connectivity index (χ1v) is 10.2. The second-order valence-corrected chi connectivity index (χ2v) is 7.71. The summed E-state index contributed by atoms with van der Waals surface area (Å²) in [7, 11) is 0. The highest BCUT2D eigenvalue weighted by atomic mass is 35.5. The number of carbonyl (C=O) groups excluding carboxylic acids is 2. The molecule has 0 spiro atoms. The summed E-state index contributed by atoms with van der Waals surface area (Å²) in [6.07, 6.45) is 0. The first kappa shape index (κ1) is 21.5. The van der Waals surface area contributed by atoms with E-state index in [1.807, 2.05) is 0 Å². The number of anilines is 2. The van der Waals surface area contributed by atoms with Gasteiger partial charge in [-0.1, -0.05) is 58.5 Å². The Bertz CT molecular complexity index is 1220. The zero-order valence-corrected chi connectivity index (χ0v) is 18.4. The van der Waals surface area contributed by atoms with E-state index in [2.05, 4.69) is 15.6 Å². The summed E-state index contributed by atoms with van der Waals surface area (Å²) >= 11 is 23.9. The van der Waals surface area contributed by atoms with Gasteiger partial charge in [-0.15, -0.1) is 0 Å². The molecular weight excluding hydrogens is 488 g/mol. The molecule has 0 atom stereocenters. The van der Waals surface area contributed by atoms with E-state index < -0.39 is 11.8 Å². The fourth-order valence-corrected chi connectivity index (χ4v) is 3.60. The van der Waals surface area contributed by atoms with Gasteiger partial charge >= 0.3 is 0 Å². The quantitative estimate of drug-likeness (QED) is 0.435. The monoisotopic (exact) mass is 497 g/mol. The fraction of sp³-hybridized carbons (Fsp3) is 0.0500. The predicted molar refractivity (Wildman–Crippen MR) is 119 cm³/mol. The molecule has 0 fully saturated rings. The molecule has 2 heterocycles. The second-order valence-electron chi connectivity index (χ2n) is 6.22. The summed E-state index contributed by atoms with van der Waals surface area (Å²) in [4.78, 5) is 29.5. The van der Waals surface area contributed by atoms with E-state index in [-0.39, 0.29) is 44.0 Å². The van der Waals surface area contributed by atoms with E-state index in [4.69, 9.17) is 55.9 Å². The van der Waals surface area contributed by atoms with Crippen LogP contribution in [0.3, 0.4) is 0 Å². The van der Waals surface area contributed by atoms with Crippen molar-refractivity contribution in [2.24, 2.45) is 0 Å². The van der Waals surface area contributed by atoms with Gasteiger partial charge in [0.15, 0.2) is 11.5 Å². The van der Waals surface area contributed by atoms with Gasteiger partial charge in [-0.05, 0) is 24.3 Å². The number of halogens is 4. The zero-order valence-electron chi connectivity index (χ0n) is 15.3. The summed E-state index contributed by atoms with van der Waals surface area (Å²) in [6, 6.07) is 11.4. The molecule has 0 bridgehead atoms. The molecule has 3 aromatic rings. The normalized spacial score (nSPS) is 11.9. The fourth-order valence-electron chi connectivity index (χ4n) is 2.78. The molecule has 0 unspecified atom stereocenters. The first-order valence-electron chi connectivity index (χ1n) is 8.66. The summed E-state index contributed by atoms with van der Waals surface area (Å²) < 4.78 is 10.6. The maximum absolute atomic E-state index is 12.8. The minimum absolute atomic E-state index is 0.0617. The molecule has 2 amide bonds. The standard InChI is InChI=1S/C20H11Cl4N3O4/c21-14-15(22)17(27-18(24)16(14)23)20(29)26-11-4-2-1-3-10(11)19(28)25-9-5-6-12-13(7-9)31-8-30-12/h1-7H,8H2,(H,25,28)(H,26,29). The van der Waals surface area contributed by atoms with Crippen molar-refractivity contribution in [2.75, 3.05) is 17.4 Å². The van der Waals surface area contributed by atoms with E-state index in [1.54, 1.807) is 42.5 Å². The molecule has 1 aliphatic heterocycles. The van der Waals surface area contributed by atoms with Crippen molar-refractivity contribution in [3.05, 3.63) is 73.9 Å². The maximum atomic E-state index is 12.8. The van der Waals surface area contributed by atoms with E-state index in [0.29, 0.717) is 17.2 Å². The Kier molecular flexibility index (Phi) is 6.11. The van der Waals surface area contributed by atoms with Gasteiger partial charge < -0.3 is 20.1 Å². The third-order valence-electron chi connectivity index (χ3n) is 4.25. The molecule has 0 saturated heterocycles. The molecule has 0 radical (unpaired) electrons. The molecule has 4 rings (SSSR count). The van der Waals surface area contributed by atoms with Crippen molar-refractivity contribution in [1.82, 2.24) is 4.98 Å². The lowest BCUT2D eigenvalue weighted by molar-refractivity contribution is 0.102. The van der Waals surface area contributed by atoms with Gasteiger partial charge in [-0.3, -0.25) is 9.59 Å². The van der Waals surface area contributed by atoms with Gasteiger partial charge in [0.2, 0.25) is 6.79 Å². The molecule has 2 aromatic carbocycles. The van der Waals surface area contributed by atoms with Crippen molar-refractivity contribution in [1.29, 1.82) is 0 Å². The zero-order chi connectivity index (χ0) is 22.1. The highest BCUT2D eigenvalue weighted by molar-refractivity contribution is 6.52. The summed E-state index contributed by atoms with van der Waals surface area (Å²) in [5.74, 6) is -0.0540. The minimum atomic E-state index is -0.714. The number of ether oxygens (including phenoxy) is 2. The number of pyridine rings is 1. The van der Waals surface area contributed by atoms with Crippen molar-refractivity contribution < 1.29 is 19.1 Å². The Balaban J connectivity index is 1.58. The van der Waals surface area contributed by atoms with Crippen molar-refractivity contribution in [3.8, 4) is 11.5 Å². The molecule has 2 N–H and O–H groups in total. The van der Waals surface area contributed by atoms with Crippen LogP contribution in [-0.2, 0) is 0 Å². The lowest BCUT2D eigenvalue weighted by Crippen LogP contribution is -2.19. The van der Waals surface area contributed by atoms with E-state index in [1.165, 1.54) is 0 Å². The number of hydrogen-bond acceptors (Lipinski definition) is 5. The summed E-state index contributed by atoms with van der Waals surface area (Å²) in [6.45, 7) is 0.122. The Morgan fingerprint density at radius 1 is 0.839 bits per heavy atom. The van der Waals surface area contributed by atoms with Gasteiger partial charge in [0.25, 0.3) is 11.8 Å². The predicted octanol–water partition coefficient (Wildman–Crippen LogP) is 5.93. The number of rotatable bonds is 4. The third-order valence-corrected chi connectivity index (χ3v) is 5.93. The van der Waals surface area contributed by atoms with E-state index in [0.717, 1.165) is 0 Å². The van der Waals surface area contributed by atoms with Crippen molar-refractivity contribution in [3.63, 3.8) is 0 Å². The van der Waals surface area contributed by atoms with Crippen LogP contribution in [0.2, 0.25) is 20.2 Å². The largest absolute Gasteiger partial charge is 0.454 e. The number of para-hydroxylation sites is 1. The molecule has 0 saturated carbocycles. The number of amides is 2. The molecular formula is C20H11Cl4N3O4. The van der Waals surface area contributed by atoms with Crippen molar-refractivity contribution >= 4 is 69.6 Å². The highest BCUT2D eigenvalue weighted by Gasteiger charge is 2.22. The number of aromatic nitrogens is 1. The molecule has 7 nitrogen and oxygen atoms in total. The topological polar surface area (TPSA) is 89.5 Å². The number of carbonyl (C=O) groups is 2. The van der Waals surface area contributed by atoms with Crippen LogP contribution in [0.4, 0.5) is 11.4 Å². The highest BCUT2D eigenvalue weighted by Crippen LogP contribution is 2.37. The SMILES string of the molecule is O=C(Nc1ccc2c(c1)OCO2)c1ccccc1NC(=O)c1nc(Cl)c(Cl)c(Cl)c1Cl. The minimum Gasteiger partial charge on any atom is -0.454 e. The Morgan fingerprint density at radius 3 is 2.39 bits per heavy atom. The van der Waals surface area contributed by atoms with Crippen LogP contribution in [-0.4, -0.2) is 23.6 Å². The Hall–Kier alpha value is -2.71. The van der Waals surface area contributed by atoms with Crippen LogP contribution in [0.15, 0.2) is 42.5 Å². The lowest BCUT2D eigenvalue weighted by atomic mass is 10.1. The summed E-state index contributed by atoms with van der Waals surface area (Å²) in [5, 5.41) is 4.86. The lowest BCUT2D eigenvalue weighted by Gasteiger charge is -2.13. The van der Waals surface area contributed by atoms with Gasteiger partial charge in [-0.2, -0.15) is 0 Å². The van der Waals surface area contributed by atoms with Gasteiger partial charge in [0.1, 0.15) is 10.8 Å². The molecule has 1 aliphatic rings. The molecule has 31 heavy (non-hydrogen) atoms.